The molecule has 0 aliphatic heterocycles. The molecule has 0 heterocycles. The Bertz CT molecular complexity index is 1230. The van der Waals surface area contributed by atoms with E-state index in [4.69, 9.17) is 0 Å². The first-order valence-electron chi connectivity index (χ1n) is 11.9. The summed E-state index contributed by atoms with van der Waals surface area (Å²) >= 11 is 0. The predicted molar refractivity (Wildman–Crippen MR) is 140 cm³/mol. The second kappa shape index (κ2) is 8.58. The fourth-order valence-corrected chi connectivity index (χ4v) is 5.46. The molecule has 3 aromatic carbocycles. The number of fused-ring (bicyclic) bond motifs is 1. The summed E-state index contributed by atoms with van der Waals surface area (Å²) in [4.78, 5) is 0. The molecule has 0 fully saturated rings. The molecule has 1 atom stereocenters. The van der Waals surface area contributed by atoms with Crippen LogP contribution < -0.4 is 0 Å². The van der Waals surface area contributed by atoms with Gasteiger partial charge in [0, 0.05) is 5.41 Å². The molecule has 0 radical (unpaired) electrons. The molecule has 0 saturated heterocycles. The van der Waals surface area contributed by atoms with Crippen LogP contribution in [-0.2, 0) is 11.8 Å². The van der Waals surface area contributed by atoms with E-state index in [2.05, 4.69) is 115 Å². The van der Waals surface area contributed by atoms with E-state index in [0.717, 1.165) is 12.8 Å². The zero-order valence-corrected chi connectivity index (χ0v) is 20.8. The largest absolute Gasteiger partial charge is 0.0819 e. The van der Waals surface area contributed by atoms with Crippen LogP contribution in [-0.4, -0.2) is 0 Å². The minimum atomic E-state index is -0.150. The number of hydrogen-bond acceptors (Lipinski definition) is 0. The van der Waals surface area contributed by atoms with Gasteiger partial charge in [-0.2, -0.15) is 0 Å². The Morgan fingerprint density at radius 1 is 0.812 bits per heavy atom. The summed E-state index contributed by atoms with van der Waals surface area (Å²) in [7, 11) is 0. The highest BCUT2D eigenvalue weighted by Crippen LogP contribution is 2.51. The average molecular weight is 421 g/mol. The van der Waals surface area contributed by atoms with E-state index in [1.165, 1.54) is 61.2 Å². The maximum Gasteiger partial charge on any atom is 0.0398 e. The van der Waals surface area contributed by atoms with Gasteiger partial charge in [-0.15, -0.1) is 0 Å². The van der Waals surface area contributed by atoms with Gasteiger partial charge in [-0.05, 0) is 87.8 Å². The number of allylic oxidation sites excluding steroid dienone is 4. The van der Waals surface area contributed by atoms with E-state index in [1.807, 2.05) is 0 Å². The van der Waals surface area contributed by atoms with Crippen LogP contribution in [0.15, 0.2) is 77.9 Å². The van der Waals surface area contributed by atoms with Gasteiger partial charge in [0.15, 0.2) is 0 Å². The van der Waals surface area contributed by atoms with Crippen LogP contribution in [0.25, 0.3) is 11.1 Å². The smallest absolute Gasteiger partial charge is 0.0398 e. The lowest BCUT2D eigenvalue weighted by atomic mass is 9.70. The van der Waals surface area contributed by atoms with Crippen molar-refractivity contribution in [3.8, 4) is 11.1 Å². The minimum Gasteiger partial charge on any atom is -0.0819 e. The van der Waals surface area contributed by atoms with Crippen LogP contribution in [0.5, 0.6) is 0 Å². The van der Waals surface area contributed by atoms with Crippen molar-refractivity contribution in [2.45, 2.75) is 66.7 Å². The summed E-state index contributed by atoms with van der Waals surface area (Å²) in [6.07, 6.45) is 6.87. The Kier molecular flexibility index (Phi) is 5.99. The third kappa shape index (κ3) is 3.88. The Balaban J connectivity index is 2.04. The van der Waals surface area contributed by atoms with Crippen molar-refractivity contribution in [1.29, 1.82) is 0 Å². The van der Waals surface area contributed by atoms with Crippen LogP contribution in [0.4, 0.5) is 0 Å². The van der Waals surface area contributed by atoms with Crippen LogP contribution in [0.3, 0.4) is 0 Å². The van der Waals surface area contributed by atoms with Crippen LogP contribution in [0.2, 0.25) is 0 Å². The number of benzene rings is 3. The summed E-state index contributed by atoms with van der Waals surface area (Å²) < 4.78 is 0. The summed E-state index contributed by atoms with van der Waals surface area (Å²) in [6.45, 7) is 15.8. The quantitative estimate of drug-likeness (QED) is 0.396. The van der Waals surface area contributed by atoms with Crippen molar-refractivity contribution in [2.24, 2.45) is 0 Å². The molecular weight excluding hydrogens is 384 g/mol. The van der Waals surface area contributed by atoms with Crippen molar-refractivity contribution in [3.05, 3.63) is 117 Å². The molecule has 0 bridgehead atoms. The molecule has 3 aromatic rings. The Labute approximate surface area is 194 Å². The molecule has 0 spiro atoms. The van der Waals surface area contributed by atoms with E-state index in [9.17, 15) is 0 Å². The standard InChI is InChI=1S/C32H36/c1-8-9-21(2)17-27-20-26-13-10-23(4)18-30(26)32(27,7)31-19-24(5)12-15-29(31)28-14-11-22(3)16-25(28)6/h9-19H,8,20H2,1-7H3/b21-9-,27-17+. The van der Waals surface area contributed by atoms with Crippen molar-refractivity contribution in [3.63, 3.8) is 0 Å². The summed E-state index contributed by atoms with van der Waals surface area (Å²) in [5.74, 6) is 0. The third-order valence-electron chi connectivity index (χ3n) is 7.14. The van der Waals surface area contributed by atoms with Gasteiger partial charge in [-0.3, -0.25) is 0 Å². The Morgan fingerprint density at radius 2 is 1.41 bits per heavy atom. The Morgan fingerprint density at radius 3 is 2.06 bits per heavy atom. The molecule has 0 nitrogen and oxygen atoms in total. The van der Waals surface area contributed by atoms with Crippen molar-refractivity contribution < 1.29 is 0 Å². The highest BCUT2D eigenvalue weighted by Gasteiger charge is 2.41. The first-order valence-corrected chi connectivity index (χ1v) is 11.9. The number of rotatable bonds is 4. The van der Waals surface area contributed by atoms with Crippen molar-refractivity contribution in [2.75, 3.05) is 0 Å². The summed E-state index contributed by atoms with van der Waals surface area (Å²) in [5.41, 5.74) is 15.0. The van der Waals surface area contributed by atoms with E-state index >= 15 is 0 Å². The molecule has 4 rings (SSSR count). The lowest BCUT2D eigenvalue weighted by molar-refractivity contribution is 0.695. The zero-order chi connectivity index (χ0) is 23.0. The number of hydrogen-bond donors (Lipinski definition) is 0. The molecule has 164 valence electrons. The lowest BCUT2D eigenvalue weighted by Gasteiger charge is -2.32. The monoisotopic (exact) mass is 420 g/mol. The summed E-state index contributed by atoms with van der Waals surface area (Å²) in [6, 6.07) is 20.9. The molecule has 1 aliphatic rings. The second-order valence-corrected chi connectivity index (χ2v) is 9.86. The molecule has 1 unspecified atom stereocenters. The van der Waals surface area contributed by atoms with E-state index in [-0.39, 0.29) is 5.41 Å². The normalized spacial score (nSPS) is 19.5. The molecule has 1 aliphatic carbocycles. The van der Waals surface area contributed by atoms with Gasteiger partial charge in [-0.1, -0.05) is 102 Å². The maximum absolute atomic E-state index is 2.45. The average Bonchev–Trinajstić information content (AvgIpc) is 3.01. The molecule has 0 aromatic heterocycles. The Hall–Kier alpha value is -2.86. The lowest BCUT2D eigenvalue weighted by Crippen LogP contribution is -2.24. The molecular formula is C32H36. The van der Waals surface area contributed by atoms with Gasteiger partial charge >= 0.3 is 0 Å². The first kappa shape index (κ1) is 22.3. The first-order chi connectivity index (χ1) is 15.2. The van der Waals surface area contributed by atoms with Crippen molar-refractivity contribution in [1.82, 2.24) is 0 Å². The fraction of sp³-hybridized carbons (Fsp3) is 0.312. The van der Waals surface area contributed by atoms with Gasteiger partial charge in [-0.25, -0.2) is 0 Å². The topological polar surface area (TPSA) is 0 Å². The van der Waals surface area contributed by atoms with Gasteiger partial charge in [0.2, 0.25) is 0 Å². The fourth-order valence-electron chi connectivity index (χ4n) is 5.46. The molecule has 0 N–H and O–H groups in total. The third-order valence-corrected chi connectivity index (χ3v) is 7.14. The van der Waals surface area contributed by atoms with Crippen LogP contribution in [0.1, 0.15) is 66.1 Å². The van der Waals surface area contributed by atoms with E-state index in [1.54, 1.807) is 0 Å². The molecule has 32 heavy (non-hydrogen) atoms. The molecule has 0 saturated carbocycles. The molecule has 0 heteroatoms. The zero-order valence-electron chi connectivity index (χ0n) is 20.8. The maximum atomic E-state index is 2.45. The van der Waals surface area contributed by atoms with Crippen LogP contribution >= 0.6 is 0 Å². The molecule has 0 amide bonds. The predicted octanol–water partition coefficient (Wildman–Crippen LogP) is 8.73. The minimum absolute atomic E-state index is 0.150. The highest BCUT2D eigenvalue weighted by molar-refractivity contribution is 5.76. The second-order valence-electron chi connectivity index (χ2n) is 9.86. The highest BCUT2D eigenvalue weighted by atomic mass is 14.4. The van der Waals surface area contributed by atoms with Gasteiger partial charge in [0.05, 0.1) is 0 Å². The van der Waals surface area contributed by atoms with Crippen molar-refractivity contribution >= 4 is 0 Å². The summed E-state index contributed by atoms with van der Waals surface area (Å²) in [5, 5.41) is 0. The van der Waals surface area contributed by atoms with Gasteiger partial charge in [0.25, 0.3) is 0 Å². The van der Waals surface area contributed by atoms with Crippen LogP contribution in [0, 0.1) is 27.7 Å². The van der Waals surface area contributed by atoms with E-state index < -0.39 is 0 Å². The van der Waals surface area contributed by atoms with Gasteiger partial charge in [0.1, 0.15) is 0 Å². The number of aryl methyl sites for hydroxylation is 4. The van der Waals surface area contributed by atoms with E-state index in [0.29, 0.717) is 0 Å². The van der Waals surface area contributed by atoms with Gasteiger partial charge < -0.3 is 0 Å². The SMILES string of the molecule is CC/C=C(C)\C=C1/Cc2ccc(C)cc2C1(C)c1cc(C)ccc1-c1ccc(C)cc1C.